The molecule has 28 heavy (non-hydrogen) atoms. The summed E-state index contributed by atoms with van der Waals surface area (Å²) < 4.78 is 72.0. The van der Waals surface area contributed by atoms with Crippen LogP contribution in [0.3, 0.4) is 0 Å². The third kappa shape index (κ3) is 4.41. The number of hydrogen-bond donors (Lipinski definition) is 1. The van der Waals surface area contributed by atoms with E-state index in [2.05, 4.69) is 9.62 Å². The Morgan fingerprint density at radius 2 is 1.82 bits per heavy atom. The molecule has 1 heterocycles. The van der Waals surface area contributed by atoms with Crippen LogP contribution in [0.5, 0.6) is 5.75 Å². The molecule has 1 N–H and O–H groups in total. The molecule has 1 aliphatic heterocycles. The van der Waals surface area contributed by atoms with Crippen molar-refractivity contribution in [2.24, 2.45) is 5.92 Å². The van der Waals surface area contributed by atoms with Crippen molar-refractivity contribution < 1.29 is 26.3 Å². The van der Waals surface area contributed by atoms with Crippen LogP contribution in [0.15, 0.2) is 53.4 Å². The zero-order valence-electron chi connectivity index (χ0n) is 15.2. The van der Waals surface area contributed by atoms with Crippen molar-refractivity contribution in [2.45, 2.75) is 17.5 Å². The molecule has 0 aromatic heterocycles. The Morgan fingerprint density at radius 1 is 1.14 bits per heavy atom. The zero-order chi connectivity index (χ0) is 20.4. The summed E-state index contributed by atoms with van der Waals surface area (Å²) in [6.45, 7) is 1.37. The topological polar surface area (TPSA) is 58.6 Å². The standard InChI is InChI=1S/C19H21F3N2O3S/c1-27-17-8-4-3-7-16(17)24-11-10-14(13-24)12-23-28(25,26)18-9-5-2-6-15(18)19(20,21)22/h2-9,14,23H,10-13H2,1H3. The molecule has 2 aromatic rings. The second-order valence-corrected chi connectivity index (χ2v) is 8.35. The summed E-state index contributed by atoms with van der Waals surface area (Å²) in [6, 6.07) is 11.7. The van der Waals surface area contributed by atoms with E-state index >= 15 is 0 Å². The smallest absolute Gasteiger partial charge is 0.417 e. The minimum atomic E-state index is -4.74. The molecule has 0 radical (unpaired) electrons. The van der Waals surface area contributed by atoms with Crippen LogP contribution in [0.25, 0.3) is 0 Å². The third-order valence-corrected chi connectivity index (χ3v) is 6.24. The minimum Gasteiger partial charge on any atom is -0.495 e. The van der Waals surface area contributed by atoms with E-state index in [1.165, 1.54) is 12.1 Å². The number of benzene rings is 2. The highest BCUT2D eigenvalue weighted by Gasteiger charge is 2.37. The Hall–Kier alpha value is -2.26. The number of rotatable bonds is 6. The number of anilines is 1. The van der Waals surface area contributed by atoms with Gasteiger partial charge in [-0.3, -0.25) is 0 Å². The Morgan fingerprint density at radius 3 is 2.54 bits per heavy atom. The number of ether oxygens (including phenoxy) is 1. The quantitative estimate of drug-likeness (QED) is 0.786. The van der Waals surface area contributed by atoms with E-state index < -0.39 is 26.7 Å². The Kier molecular flexibility index (Phi) is 5.85. The second kappa shape index (κ2) is 8.00. The summed E-state index contributed by atoms with van der Waals surface area (Å²) in [5, 5.41) is 0. The monoisotopic (exact) mass is 414 g/mol. The van der Waals surface area contributed by atoms with Crippen molar-refractivity contribution in [3.05, 3.63) is 54.1 Å². The highest BCUT2D eigenvalue weighted by atomic mass is 32.2. The molecule has 5 nitrogen and oxygen atoms in total. The first-order valence-electron chi connectivity index (χ1n) is 8.76. The number of halogens is 3. The van der Waals surface area contributed by atoms with Gasteiger partial charge in [0.15, 0.2) is 0 Å². The summed E-state index contributed by atoms with van der Waals surface area (Å²) in [5.41, 5.74) is -0.248. The van der Waals surface area contributed by atoms with Crippen LogP contribution in [-0.4, -0.2) is 35.2 Å². The molecular formula is C19H21F3N2O3S. The van der Waals surface area contributed by atoms with Gasteiger partial charge in [-0.15, -0.1) is 0 Å². The first kappa shape index (κ1) is 20.5. The van der Waals surface area contributed by atoms with Crippen molar-refractivity contribution in [3.8, 4) is 5.75 Å². The van der Waals surface area contributed by atoms with Gasteiger partial charge in [0.25, 0.3) is 0 Å². The molecule has 0 amide bonds. The SMILES string of the molecule is COc1ccccc1N1CCC(CNS(=O)(=O)c2ccccc2C(F)(F)F)C1. The third-order valence-electron chi connectivity index (χ3n) is 4.76. The molecule has 1 unspecified atom stereocenters. The van der Waals surface area contributed by atoms with E-state index in [9.17, 15) is 21.6 Å². The fraction of sp³-hybridized carbons (Fsp3) is 0.368. The molecule has 1 aliphatic rings. The van der Waals surface area contributed by atoms with E-state index in [0.29, 0.717) is 13.1 Å². The minimum absolute atomic E-state index is 0.0160. The molecule has 0 spiro atoms. The first-order chi connectivity index (χ1) is 13.2. The van der Waals surface area contributed by atoms with E-state index in [-0.39, 0.29) is 12.5 Å². The summed E-state index contributed by atoms with van der Waals surface area (Å²) in [6.07, 6.45) is -4.01. The van der Waals surface area contributed by atoms with Crippen LogP contribution in [0.1, 0.15) is 12.0 Å². The van der Waals surface area contributed by atoms with E-state index in [1.54, 1.807) is 7.11 Å². The van der Waals surface area contributed by atoms with Gasteiger partial charge in [0, 0.05) is 19.6 Å². The molecule has 1 fully saturated rings. The average Bonchev–Trinajstić information content (AvgIpc) is 3.15. The Labute approximate surface area is 162 Å². The number of nitrogens with one attached hydrogen (secondary N) is 1. The van der Waals surface area contributed by atoms with Gasteiger partial charge in [-0.2, -0.15) is 13.2 Å². The summed E-state index contributed by atoms with van der Waals surface area (Å²) in [4.78, 5) is 1.34. The fourth-order valence-electron chi connectivity index (χ4n) is 3.35. The maximum atomic E-state index is 13.1. The van der Waals surface area contributed by atoms with Gasteiger partial charge in [0.05, 0.1) is 23.3 Å². The number of sulfonamides is 1. The van der Waals surface area contributed by atoms with Crippen molar-refractivity contribution >= 4 is 15.7 Å². The van der Waals surface area contributed by atoms with E-state index in [0.717, 1.165) is 30.0 Å². The Balaban J connectivity index is 1.68. The fourth-order valence-corrected chi connectivity index (χ4v) is 4.69. The molecule has 152 valence electrons. The van der Waals surface area contributed by atoms with E-state index in [4.69, 9.17) is 4.74 Å². The molecule has 0 saturated carbocycles. The molecule has 9 heteroatoms. The van der Waals surface area contributed by atoms with Gasteiger partial charge >= 0.3 is 6.18 Å². The summed E-state index contributed by atoms with van der Waals surface area (Å²) in [5.74, 6) is 0.709. The molecular weight excluding hydrogens is 393 g/mol. The number of hydrogen-bond acceptors (Lipinski definition) is 4. The highest BCUT2D eigenvalue weighted by Crippen LogP contribution is 2.34. The van der Waals surface area contributed by atoms with Crippen LogP contribution in [0, 0.1) is 5.92 Å². The molecule has 1 saturated heterocycles. The van der Waals surface area contributed by atoms with Crippen LogP contribution in [-0.2, 0) is 16.2 Å². The Bertz CT molecular complexity index is 932. The van der Waals surface area contributed by atoms with Gasteiger partial charge in [0.2, 0.25) is 10.0 Å². The zero-order valence-corrected chi connectivity index (χ0v) is 16.1. The lowest BCUT2D eigenvalue weighted by molar-refractivity contribution is -0.139. The maximum Gasteiger partial charge on any atom is 0.417 e. The maximum absolute atomic E-state index is 13.1. The van der Waals surface area contributed by atoms with Gasteiger partial charge in [-0.25, -0.2) is 13.1 Å². The van der Waals surface area contributed by atoms with Crippen molar-refractivity contribution in [2.75, 3.05) is 31.6 Å². The molecule has 0 aliphatic carbocycles. The van der Waals surface area contributed by atoms with Gasteiger partial charge in [0.1, 0.15) is 5.75 Å². The van der Waals surface area contributed by atoms with Crippen molar-refractivity contribution in [3.63, 3.8) is 0 Å². The number of para-hydroxylation sites is 2. The first-order valence-corrected chi connectivity index (χ1v) is 10.2. The molecule has 3 rings (SSSR count). The molecule has 1 atom stereocenters. The highest BCUT2D eigenvalue weighted by molar-refractivity contribution is 7.89. The van der Waals surface area contributed by atoms with Crippen molar-refractivity contribution in [1.29, 1.82) is 0 Å². The number of alkyl halides is 3. The lowest BCUT2D eigenvalue weighted by Gasteiger charge is -2.21. The lowest BCUT2D eigenvalue weighted by atomic mass is 10.1. The predicted octanol–water partition coefficient (Wildman–Crippen LogP) is 3.52. The van der Waals surface area contributed by atoms with Gasteiger partial charge in [-0.1, -0.05) is 24.3 Å². The lowest BCUT2D eigenvalue weighted by Crippen LogP contribution is -2.32. The molecule has 2 aromatic carbocycles. The van der Waals surface area contributed by atoms with E-state index in [1.807, 2.05) is 24.3 Å². The van der Waals surface area contributed by atoms with Gasteiger partial charge in [-0.05, 0) is 36.6 Å². The van der Waals surface area contributed by atoms with Crippen LogP contribution < -0.4 is 14.4 Å². The van der Waals surface area contributed by atoms with Gasteiger partial charge < -0.3 is 9.64 Å². The number of nitrogens with zero attached hydrogens (tertiary/aromatic N) is 1. The molecule has 0 bridgehead atoms. The second-order valence-electron chi connectivity index (χ2n) is 6.62. The largest absolute Gasteiger partial charge is 0.495 e. The van der Waals surface area contributed by atoms with Crippen molar-refractivity contribution in [1.82, 2.24) is 4.72 Å². The normalized spacial score (nSPS) is 17.7. The van der Waals surface area contributed by atoms with Crippen LogP contribution >= 0.6 is 0 Å². The van der Waals surface area contributed by atoms with Crippen LogP contribution in [0.2, 0.25) is 0 Å². The average molecular weight is 414 g/mol. The summed E-state index contributed by atoms with van der Waals surface area (Å²) in [7, 11) is -2.69. The number of methoxy groups -OCH3 is 1. The predicted molar refractivity (Wildman–Crippen MR) is 99.9 cm³/mol. The summed E-state index contributed by atoms with van der Waals surface area (Å²) >= 11 is 0. The van der Waals surface area contributed by atoms with Crippen LogP contribution in [0.4, 0.5) is 18.9 Å².